The Balaban J connectivity index is 2.42. The van der Waals surface area contributed by atoms with Crippen molar-refractivity contribution in [1.29, 1.82) is 0 Å². The van der Waals surface area contributed by atoms with E-state index in [-0.39, 0.29) is 50.6 Å². The van der Waals surface area contributed by atoms with Crippen LogP contribution in [0.2, 0.25) is 0 Å². The molecule has 0 aliphatic rings. The molecule has 1 aromatic rings. The Bertz CT molecular complexity index is 1110. The van der Waals surface area contributed by atoms with Crippen LogP contribution >= 0.6 is 0 Å². The fourth-order valence-electron chi connectivity index (χ4n) is 7.14. The Kier molecular flexibility index (Phi) is 35.7. The molecule has 0 bridgehead atoms. The number of hydrogen-bond acceptors (Lipinski definition) is 9. The first kappa shape index (κ1) is 53.5. The minimum absolute atomic E-state index is 0.0520. The minimum atomic E-state index is -0.428. The molecule has 0 fully saturated rings. The van der Waals surface area contributed by atoms with Crippen molar-refractivity contribution in [1.82, 2.24) is 0 Å². The molecule has 0 aliphatic heterocycles. The Morgan fingerprint density at radius 3 is 1.36 bits per heavy atom. The van der Waals surface area contributed by atoms with Gasteiger partial charge in [-0.25, -0.2) is 0 Å². The van der Waals surface area contributed by atoms with E-state index in [9.17, 15) is 19.5 Å². The third kappa shape index (κ3) is 31.4. The topological polar surface area (TPSA) is 118 Å². The summed E-state index contributed by atoms with van der Waals surface area (Å²) in [7, 11) is 0. The van der Waals surface area contributed by atoms with Crippen LogP contribution < -0.4 is 0 Å². The zero-order valence-electron chi connectivity index (χ0n) is 37.6. The van der Waals surface area contributed by atoms with Gasteiger partial charge in [-0.2, -0.15) is 0 Å². The van der Waals surface area contributed by atoms with Crippen molar-refractivity contribution in [3.05, 3.63) is 34.9 Å². The summed E-state index contributed by atoms with van der Waals surface area (Å²) in [5, 5.41) is 9.85. The summed E-state index contributed by atoms with van der Waals surface area (Å²) in [6, 6.07) is 5.41. The second-order valence-electron chi connectivity index (χ2n) is 16.3. The molecule has 58 heavy (non-hydrogen) atoms. The monoisotopic (exact) mass is 819 g/mol. The third-order valence-electron chi connectivity index (χ3n) is 10.8. The molecule has 0 saturated heterocycles. The molecule has 0 atom stereocenters. The van der Waals surface area contributed by atoms with Gasteiger partial charge in [-0.05, 0) is 60.8 Å². The number of hydrogen-bond donors (Lipinski definition) is 1. The lowest BCUT2D eigenvalue weighted by molar-refractivity contribution is -0.160. The van der Waals surface area contributed by atoms with Crippen LogP contribution in [0.15, 0.2) is 18.2 Å². The van der Waals surface area contributed by atoms with Gasteiger partial charge in [-0.1, -0.05) is 162 Å². The highest BCUT2D eigenvalue weighted by atomic mass is 16.7. The first-order valence-corrected chi connectivity index (χ1v) is 23.8. The third-order valence-corrected chi connectivity index (χ3v) is 10.8. The molecule has 1 N–H and O–H groups in total. The molecule has 0 aromatic heterocycles. The van der Waals surface area contributed by atoms with Crippen LogP contribution in [0.5, 0.6) is 0 Å². The number of benzene rings is 1. The van der Waals surface area contributed by atoms with Gasteiger partial charge >= 0.3 is 17.9 Å². The van der Waals surface area contributed by atoms with Crippen LogP contribution in [0, 0.1) is 5.92 Å². The van der Waals surface area contributed by atoms with Gasteiger partial charge < -0.3 is 28.8 Å². The standard InChI is InChI=1S/C49H86O9/c1-5-9-13-15-17-24-33-55-49(56-34-25-18-16-14-10-6-2)31-30-48(53)58-41-45-37-43(39-50)36-44(38-45)40-57-47(52)29-23-19-22-28-46(51)54-35-32-42(26-20-11-7-3)27-21-12-8-4/h36-38,42,49-50H,5-35,39-41H2,1-4H3. The smallest absolute Gasteiger partial charge is 0.306 e. The number of carbonyl (C=O) groups is 3. The molecule has 0 unspecified atom stereocenters. The molecule has 0 heterocycles. The highest BCUT2D eigenvalue weighted by molar-refractivity contribution is 5.70. The highest BCUT2D eigenvalue weighted by Crippen LogP contribution is 2.22. The van der Waals surface area contributed by atoms with Crippen LogP contribution in [0.25, 0.3) is 0 Å². The zero-order chi connectivity index (χ0) is 42.3. The average molecular weight is 819 g/mol. The fraction of sp³-hybridized carbons (Fsp3) is 0.816. The number of ether oxygens (including phenoxy) is 5. The zero-order valence-corrected chi connectivity index (χ0v) is 37.6. The van der Waals surface area contributed by atoms with Gasteiger partial charge in [-0.15, -0.1) is 0 Å². The summed E-state index contributed by atoms with van der Waals surface area (Å²) in [5.74, 6) is -0.163. The largest absolute Gasteiger partial charge is 0.466 e. The van der Waals surface area contributed by atoms with Crippen LogP contribution in [0.3, 0.4) is 0 Å². The molecule has 336 valence electrons. The van der Waals surface area contributed by atoms with E-state index in [0.717, 1.165) is 49.7 Å². The molecule has 9 nitrogen and oxygen atoms in total. The van der Waals surface area contributed by atoms with E-state index >= 15 is 0 Å². The molecule has 9 heteroatoms. The van der Waals surface area contributed by atoms with Crippen molar-refractivity contribution < 1.29 is 43.2 Å². The van der Waals surface area contributed by atoms with E-state index in [1.165, 1.54) is 103 Å². The predicted octanol–water partition coefficient (Wildman–Crippen LogP) is 12.8. The van der Waals surface area contributed by atoms with Gasteiger partial charge in [0.1, 0.15) is 13.2 Å². The quantitative estimate of drug-likeness (QED) is 0.0298. The van der Waals surface area contributed by atoms with Gasteiger partial charge in [0.15, 0.2) is 6.29 Å². The summed E-state index contributed by atoms with van der Waals surface area (Å²) in [6.45, 7) is 10.6. The average Bonchev–Trinajstić information content (AvgIpc) is 3.22. The van der Waals surface area contributed by atoms with Gasteiger partial charge in [0.2, 0.25) is 0 Å². The summed E-state index contributed by atoms with van der Waals surface area (Å²) in [5.41, 5.74) is 2.09. The maximum Gasteiger partial charge on any atom is 0.306 e. The lowest BCUT2D eigenvalue weighted by atomic mass is 9.92. The van der Waals surface area contributed by atoms with Crippen molar-refractivity contribution in [2.75, 3.05) is 19.8 Å². The Hall–Kier alpha value is -2.49. The second-order valence-corrected chi connectivity index (χ2v) is 16.3. The summed E-state index contributed by atoms with van der Waals surface area (Å²) < 4.78 is 28.8. The van der Waals surface area contributed by atoms with E-state index in [1.807, 2.05) is 6.07 Å². The number of carbonyl (C=O) groups excluding carboxylic acids is 3. The highest BCUT2D eigenvalue weighted by Gasteiger charge is 2.15. The molecule has 0 radical (unpaired) electrons. The van der Waals surface area contributed by atoms with Crippen molar-refractivity contribution in [2.24, 2.45) is 5.92 Å². The van der Waals surface area contributed by atoms with Crippen LogP contribution in [-0.4, -0.2) is 49.1 Å². The van der Waals surface area contributed by atoms with Gasteiger partial charge in [0.05, 0.1) is 19.6 Å². The maximum atomic E-state index is 12.8. The Morgan fingerprint density at radius 2 is 0.862 bits per heavy atom. The van der Waals surface area contributed by atoms with E-state index in [2.05, 4.69) is 27.7 Å². The van der Waals surface area contributed by atoms with Crippen LogP contribution in [-0.2, 0) is 57.9 Å². The molecule has 0 spiro atoms. The maximum absolute atomic E-state index is 12.8. The van der Waals surface area contributed by atoms with Crippen LogP contribution in [0.4, 0.5) is 0 Å². The summed E-state index contributed by atoms with van der Waals surface area (Å²) in [6.07, 6.45) is 28.0. The number of rotatable bonds is 41. The summed E-state index contributed by atoms with van der Waals surface area (Å²) >= 11 is 0. The Labute approximate surface area is 354 Å². The molecule has 1 rings (SSSR count). The molecular weight excluding hydrogens is 733 g/mol. The first-order chi connectivity index (χ1) is 28.3. The van der Waals surface area contributed by atoms with Gasteiger partial charge in [0, 0.05) is 32.5 Å². The molecular formula is C49H86O9. The lowest BCUT2D eigenvalue weighted by Crippen LogP contribution is -2.21. The van der Waals surface area contributed by atoms with E-state index in [0.29, 0.717) is 57.0 Å². The minimum Gasteiger partial charge on any atom is -0.466 e. The summed E-state index contributed by atoms with van der Waals surface area (Å²) in [4.78, 5) is 37.6. The number of aliphatic hydroxyl groups excluding tert-OH is 1. The lowest BCUT2D eigenvalue weighted by Gasteiger charge is -2.19. The van der Waals surface area contributed by atoms with Gasteiger partial charge in [0.25, 0.3) is 0 Å². The molecule has 0 amide bonds. The van der Waals surface area contributed by atoms with Crippen LogP contribution in [0.1, 0.15) is 224 Å². The number of aliphatic hydroxyl groups is 1. The molecule has 1 aromatic carbocycles. The molecule has 0 saturated carbocycles. The SMILES string of the molecule is CCCCCCCCOC(CCC(=O)OCc1cc(CO)cc(COC(=O)CCCCCC(=O)OCCC(CCCCC)CCCCC)c1)OCCCCCCCC. The predicted molar refractivity (Wildman–Crippen MR) is 234 cm³/mol. The van der Waals surface area contributed by atoms with Crippen molar-refractivity contribution in [3.8, 4) is 0 Å². The van der Waals surface area contributed by atoms with E-state index < -0.39 is 6.29 Å². The van der Waals surface area contributed by atoms with E-state index in [1.54, 1.807) is 12.1 Å². The van der Waals surface area contributed by atoms with Gasteiger partial charge in [-0.3, -0.25) is 14.4 Å². The fourth-order valence-corrected chi connectivity index (χ4v) is 7.14. The molecule has 0 aliphatic carbocycles. The van der Waals surface area contributed by atoms with E-state index in [4.69, 9.17) is 23.7 Å². The van der Waals surface area contributed by atoms with Crippen molar-refractivity contribution >= 4 is 17.9 Å². The number of esters is 3. The normalized spacial score (nSPS) is 11.4. The Morgan fingerprint density at radius 1 is 0.448 bits per heavy atom. The first-order valence-electron chi connectivity index (χ1n) is 23.8. The van der Waals surface area contributed by atoms with Crippen molar-refractivity contribution in [2.45, 2.75) is 234 Å². The second kappa shape index (κ2) is 38.7. The van der Waals surface area contributed by atoms with Crippen molar-refractivity contribution in [3.63, 3.8) is 0 Å². The number of unbranched alkanes of at least 4 members (excludes halogenated alkanes) is 16.